The molecule has 1 aromatic rings. The molecular formula is C14H22N4O3. The van der Waals surface area contributed by atoms with Crippen LogP contribution in [-0.4, -0.2) is 51.1 Å². The van der Waals surface area contributed by atoms with Gasteiger partial charge in [0, 0.05) is 31.4 Å². The molecule has 1 aromatic heterocycles. The van der Waals surface area contributed by atoms with Crippen LogP contribution in [0.2, 0.25) is 0 Å². The van der Waals surface area contributed by atoms with Crippen molar-refractivity contribution < 1.29 is 14.7 Å². The molecule has 7 heteroatoms. The van der Waals surface area contributed by atoms with Gasteiger partial charge in [-0.3, -0.25) is 0 Å². The number of nitrogens with one attached hydrogen (secondary N) is 2. The number of rotatable bonds is 5. The summed E-state index contributed by atoms with van der Waals surface area (Å²) in [5.74, 6) is -0.0211. The highest BCUT2D eigenvalue weighted by molar-refractivity contribution is 5.82. The summed E-state index contributed by atoms with van der Waals surface area (Å²) in [5, 5.41) is 11.8. The van der Waals surface area contributed by atoms with Crippen molar-refractivity contribution in [2.75, 3.05) is 13.1 Å². The summed E-state index contributed by atoms with van der Waals surface area (Å²) in [6.07, 6.45) is 4.22. The van der Waals surface area contributed by atoms with Gasteiger partial charge in [-0.25, -0.2) is 14.6 Å². The van der Waals surface area contributed by atoms with Crippen molar-refractivity contribution in [3.05, 3.63) is 18.2 Å². The zero-order valence-electron chi connectivity index (χ0n) is 12.4. The average molecular weight is 294 g/mol. The molecule has 0 aromatic carbocycles. The second-order valence-electron chi connectivity index (χ2n) is 5.86. The summed E-state index contributed by atoms with van der Waals surface area (Å²) in [6.45, 7) is 5.67. The number of aliphatic carboxylic acids is 1. The fourth-order valence-electron chi connectivity index (χ4n) is 2.57. The summed E-state index contributed by atoms with van der Waals surface area (Å²) in [4.78, 5) is 31.9. The standard InChI is InChI=1S/C14H22N4O3/c1-9(2)10-3-4-18(7-10)14(21)17-12(13(19)20)5-11-6-15-8-16-11/h6,8-10,12H,3-5,7H2,1-2H3,(H,15,16)(H,17,21)(H,19,20). The third-order valence-corrected chi connectivity index (χ3v) is 4.03. The number of likely N-dealkylation sites (tertiary alicyclic amines) is 1. The monoisotopic (exact) mass is 294 g/mol. The molecule has 2 unspecified atom stereocenters. The van der Waals surface area contributed by atoms with E-state index in [-0.39, 0.29) is 12.5 Å². The van der Waals surface area contributed by atoms with Crippen molar-refractivity contribution in [3.8, 4) is 0 Å². The minimum atomic E-state index is -1.04. The Morgan fingerprint density at radius 2 is 2.33 bits per heavy atom. The number of hydrogen-bond acceptors (Lipinski definition) is 3. The van der Waals surface area contributed by atoms with E-state index in [9.17, 15) is 14.7 Å². The van der Waals surface area contributed by atoms with Crippen LogP contribution in [0.25, 0.3) is 0 Å². The molecule has 21 heavy (non-hydrogen) atoms. The number of amides is 2. The van der Waals surface area contributed by atoms with E-state index in [1.807, 2.05) is 0 Å². The Morgan fingerprint density at radius 1 is 1.57 bits per heavy atom. The second-order valence-corrected chi connectivity index (χ2v) is 5.86. The van der Waals surface area contributed by atoms with Crippen LogP contribution >= 0.6 is 0 Å². The zero-order chi connectivity index (χ0) is 15.4. The van der Waals surface area contributed by atoms with Gasteiger partial charge in [-0.1, -0.05) is 13.8 Å². The number of aromatic nitrogens is 2. The largest absolute Gasteiger partial charge is 0.480 e. The second kappa shape index (κ2) is 6.60. The van der Waals surface area contributed by atoms with Gasteiger partial charge in [-0.05, 0) is 18.3 Å². The van der Waals surface area contributed by atoms with E-state index < -0.39 is 12.0 Å². The van der Waals surface area contributed by atoms with Gasteiger partial charge < -0.3 is 20.3 Å². The quantitative estimate of drug-likeness (QED) is 0.757. The van der Waals surface area contributed by atoms with E-state index in [1.165, 1.54) is 6.33 Å². The van der Waals surface area contributed by atoms with Gasteiger partial charge in [-0.2, -0.15) is 0 Å². The van der Waals surface area contributed by atoms with Gasteiger partial charge in [0.15, 0.2) is 0 Å². The maximum absolute atomic E-state index is 12.2. The lowest BCUT2D eigenvalue weighted by atomic mass is 9.95. The van der Waals surface area contributed by atoms with Crippen LogP contribution < -0.4 is 5.32 Å². The number of urea groups is 1. The van der Waals surface area contributed by atoms with Crippen molar-refractivity contribution in [2.45, 2.75) is 32.7 Å². The first kappa shape index (κ1) is 15.3. The van der Waals surface area contributed by atoms with E-state index in [4.69, 9.17) is 0 Å². The normalized spacial score (nSPS) is 19.8. The van der Waals surface area contributed by atoms with Crippen LogP contribution in [0.1, 0.15) is 26.0 Å². The van der Waals surface area contributed by atoms with E-state index in [1.54, 1.807) is 11.1 Å². The molecule has 0 spiro atoms. The van der Waals surface area contributed by atoms with E-state index in [0.29, 0.717) is 30.6 Å². The molecule has 2 atom stereocenters. The topological polar surface area (TPSA) is 98.3 Å². The molecule has 2 rings (SSSR count). The van der Waals surface area contributed by atoms with Crippen LogP contribution in [0.5, 0.6) is 0 Å². The van der Waals surface area contributed by atoms with Crippen LogP contribution in [0.15, 0.2) is 12.5 Å². The van der Waals surface area contributed by atoms with Crippen molar-refractivity contribution in [2.24, 2.45) is 11.8 Å². The Balaban J connectivity index is 1.91. The number of carbonyl (C=O) groups is 2. The molecule has 1 saturated heterocycles. The Kier molecular flexibility index (Phi) is 4.82. The van der Waals surface area contributed by atoms with Crippen LogP contribution in [0, 0.1) is 11.8 Å². The van der Waals surface area contributed by atoms with Crippen molar-refractivity contribution in [1.29, 1.82) is 0 Å². The third-order valence-electron chi connectivity index (χ3n) is 4.03. The molecule has 7 nitrogen and oxygen atoms in total. The first-order valence-electron chi connectivity index (χ1n) is 7.23. The predicted molar refractivity (Wildman–Crippen MR) is 76.8 cm³/mol. The Labute approximate surface area is 123 Å². The molecular weight excluding hydrogens is 272 g/mol. The number of H-pyrrole nitrogens is 1. The van der Waals surface area contributed by atoms with Crippen LogP contribution in [0.3, 0.4) is 0 Å². The van der Waals surface area contributed by atoms with Gasteiger partial charge >= 0.3 is 12.0 Å². The Hall–Kier alpha value is -2.05. The zero-order valence-corrected chi connectivity index (χ0v) is 12.4. The summed E-state index contributed by atoms with van der Waals surface area (Å²) in [5.41, 5.74) is 0.684. The lowest BCUT2D eigenvalue weighted by Gasteiger charge is -2.21. The smallest absolute Gasteiger partial charge is 0.326 e. The molecule has 0 aliphatic carbocycles. The fourth-order valence-corrected chi connectivity index (χ4v) is 2.57. The fraction of sp³-hybridized carbons (Fsp3) is 0.643. The summed E-state index contributed by atoms with van der Waals surface area (Å²) < 4.78 is 0. The molecule has 0 bridgehead atoms. The van der Waals surface area contributed by atoms with Crippen LogP contribution in [0.4, 0.5) is 4.79 Å². The predicted octanol–water partition coefficient (Wildman–Crippen LogP) is 1.09. The van der Waals surface area contributed by atoms with Gasteiger partial charge in [-0.15, -0.1) is 0 Å². The Morgan fingerprint density at radius 3 is 2.86 bits per heavy atom. The maximum atomic E-state index is 12.2. The molecule has 1 aliphatic heterocycles. The minimum absolute atomic E-state index is 0.197. The van der Waals surface area contributed by atoms with Crippen molar-refractivity contribution in [3.63, 3.8) is 0 Å². The molecule has 3 N–H and O–H groups in total. The van der Waals surface area contributed by atoms with Crippen LogP contribution in [-0.2, 0) is 11.2 Å². The van der Waals surface area contributed by atoms with Gasteiger partial charge in [0.05, 0.1) is 6.33 Å². The number of carboxylic acids is 1. The molecule has 2 heterocycles. The van der Waals surface area contributed by atoms with Crippen molar-refractivity contribution >= 4 is 12.0 Å². The van der Waals surface area contributed by atoms with E-state index >= 15 is 0 Å². The first-order valence-corrected chi connectivity index (χ1v) is 7.23. The molecule has 116 valence electrons. The number of carbonyl (C=O) groups excluding carboxylic acids is 1. The summed E-state index contributed by atoms with van der Waals surface area (Å²) in [7, 11) is 0. The van der Waals surface area contributed by atoms with Gasteiger partial charge in [0.25, 0.3) is 0 Å². The number of hydrogen-bond donors (Lipinski definition) is 3. The number of aromatic amines is 1. The van der Waals surface area contributed by atoms with Gasteiger partial charge in [0.2, 0.25) is 0 Å². The molecule has 2 amide bonds. The lowest BCUT2D eigenvalue weighted by molar-refractivity contribution is -0.139. The number of carboxylic acid groups (broad SMARTS) is 1. The maximum Gasteiger partial charge on any atom is 0.326 e. The highest BCUT2D eigenvalue weighted by atomic mass is 16.4. The highest BCUT2D eigenvalue weighted by Crippen LogP contribution is 2.23. The number of imidazole rings is 1. The average Bonchev–Trinajstić information content (AvgIpc) is 3.08. The number of nitrogens with zero attached hydrogens (tertiary/aromatic N) is 2. The van der Waals surface area contributed by atoms with Crippen molar-refractivity contribution in [1.82, 2.24) is 20.2 Å². The molecule has 0 radical (unpaired) electrons. The molecule has 1 fully saturated rings. The minimum Gasteiger partial charge on any atom is -0.480 e. The molecule has 0 saturated carbocycles. The SMILES string of the molecule is CC(C)C1CCN(C(=O)NC(Cc2cnc[nH]2)C(=O)O)C1. The molecule has 1 aliphatic rings. The Bertz CT molecular complexity index is 486. The van der Waals surface area contributed by atoms with E-state index in [0.717, 1.165) is 6.42 Å². The van der Waals surface area contributed by atoms with E-state index in [2.05, 4.69) is 29.1 Å². The highest BCUT2D eigenvalue weighted by Gasteiger charge is 2.30. The third kappa shape index (κ3) is 3.96. The summed E-state index contributed by atoms with van der Waals surface area (Å²) in [6, 6.07) is -1.25. The lowest BCUT2D eigenvalue weighted by Crippen LogP contribution is -2.48. The first-order chi connectivity index (χ1) is 9.97. The summed E-state index contributed by atoms with van der Waals surface area (Å²) >= 11 is 0. The van der Waals surface area contributed by atoms with Gasteiger partial charge in [0.1, 0.15) is 6.04 Å².